The number of carbonyl (C=O) groups is 1. The fraction of sp³-hybridized carbons (Fsp3) is 0.435. The van der Waals surface area contributed by atoms with Crippen molar-refractivity contribution < 1.29 is 19.0 Å². The highest BCUT2D eigenvalue weighted by atomic mass is 16.5. The number of hydrogen-bond donors (Lipinski definition) is 0. The van der Waals surface area contributed by atoms with Crippen molar-refractivity contribution in [1.82, 2.24) is 9.80 Å². The fourth-order valence-corrected chi connectivity index (χ4v) is 4.73. The molecule has 2 aromatic carbocycles. The maximum absolute atomic E-state index is 12.8. The Morgan fingerprint density at radius 3 is 2.38 bits per heavy atom. The molecule has 0 spiro atoms. The Hall–Kier alpha value is -2.73. The van der Waals surface area contributed by atoms with Crippen LogP contribution in [0, 0.1) is 11.8 Å². The third kappa shape index (κ3) is 3.90. The van der Waals surface area contributed by atoms with E-state index in [1.807, 2.05) is 41.3 Å². The van der Waals surface area contributed by atoms with E-state index in [9.17, 15) is 4.79 Å². The van der Waals surface area contributed by atoms with Gasteiger partial charge in [0.1, 0.15) is 5.75 Å². The van der Waals surface area contributed by atoms with E-state index in [0.29, 0.717) is 29.4 Å². The zero-order valence-corrected chi connectivity index (χ0v) is 17.2. The zero-order chi connectivity index (χ0) is 20.4. The molecule has 0 unspecified atom stereocenters. The number of amides is 1. The molecule has 2 aliphatic rings. The molecular formula is C23H28N2O4. The number of methoxy groups -OCH3 is 2. The molecule has 29 heavy (non-hydrogen) atoms. The van der Waals surface area contributed by atoms with Gasteiger partial charge in [-0.25, -0.2) is 0 Å². The maximum atomic E-state index is 12.8. The third-order valence-corrected chi connectivity index (χ3v) is 6.12. The smallest absolute Gasteiger partial charge is 0.260 e. The number of fused-ring (bicyclic) bond motifs is 1. The lowest BCUT2D eigenvalue weighted by Gasteiger charge is -2.27. The van der Waals surface area contributed by atoms with E-state index < -0.39 is 0 Å². The van der Waals surface area contributed by atoms with Gasteiger partial charge in [0.05, 0.1) is 14.2 Å². The predicted molar refractivity (Wildman–Crippen MR) is 110 cm³/mol. The topological polar surface area (TPSA) is 51.2 Å². The molecule has 2 aromatic rings. The summed E-state index contributed by atoms with van der Waals surface area (Å²) in [5, 5.41) is 0. The summed E-state index contributed by atoms with van der Waals surface area (Å²) >= 11 is 0. The van der Waals surface area contributed by atoms with Crippen molar-refractivity contribution in [3.05, 3.63) is 54.1 Å². The lowest BCUT2D eigenvalue weighted by Crippen LogP contribution is -2.36. The van der Waals surface area contributed by atoms with Crippen LogP contribution in [-0.2, 0) is 4.79 Å². The van der Waals surface area contributed by atoms with E-state index in [4.69, 9.17) is 14.2 Å². The van der Waals surface area contributed by atoms with Gasteiger partial charge in [-0.2, -0.15) is 0 Å². The number of carbonyl (C=O) groups excluding carboxylic acids is 1. The van der Waals surface area contributed by atoms with Gasteiger partial charge >= 0.3 is 0 Å². The van der Waals surface area contributed by atoms with Gasteiger partial charge in [0.15, 0.2) is 18.1 Å². The van der Waals surface area contributed by atoms with Crippen molar-refractivity contribution in [2.75, 3.05) is 47.5 Å². The molecule has 2 fully saturated rings. The number of nitrogens with zero attached hydrogens (tertiary/aromatic N) is 2. The summed E-state index contributed by atoms with van der Waals surface area (Å²) in [5.74, 6) is 3.05. The second-order valence-corrected chi connectivity index (χ2v) is 7.82. The van der Waals surface area contributed by atoms with Gasteiger partial charge in [0, 0.05) is 31.6 Å². The third-order valence-electron chi connectivity index (χ3n) is 6.12. The molecule has 4 rings (SSSR count). The Balaban J connectivity index is 1.40. The van der Waals surface area contributed by atoms with Gasteiger partial charge in [-0.15, -0.1) is 0 Å². The Labute approximate surface area is 172 Å². The first-order valence-electron chi connectivity index (χ1n) is 9.98. The Morgan fingerprint density at radius 1 is 0.966 bits per heavy atom. The minimum atomic E-state index is 0.0291. The van der Waals surface area contributed by atoms with E-state index >= 15 is 0 Å². The van der Waals surface area contributed by atoms with E-state index in [1.165, 1.54) is 5.56 Å². The van der Waals surface area contributed by atoms with Crippen LogP contribution in [0.2, 0.25) is 0 Å². The van der Waals surface area contributed by atoms with E-state index in [0.717, 1.165) is 25.4 Å². The highest BCUT2D eigenvalue weighted by Crippen LogP contribution is 2.44. The van der Waals surface area contributed by atoms with Crippen LogP contribution < -0.4 is 14.2 Å². The van der Waals surface area contributed by atoms with Crippen molar-refractivity contribution in [2.45, 2.75) is 6.04 Å². The average Bonchev–Trinajstić information content (AvgIpc) is 3.29. The molecule has 6 nitrogen and oxygen atoms in total. The van der Waals surface area contributed by atoms with Gasteiger partial charge < -0.3 is 19.1 Å². The SMILES string of the molecule is COc1ccc([C@@H]2[C@@H]3CN(C(=O)COc4ccccc4OC)C[C@@H]3CN2C)cc1. The second kappa shape index (κ2) is 8.33. The van der Waals surface area contributed by atoms with E-state index in [-0.39, 0.29) is 12.5 Å². The highest BCUT2D eigenvalue weighted by molar-refractivity contribution is 5.78. The molecule has 2 saturated heterocycles. The summed E-state index contributed by atoms with van der Waals surface area (Å²) in [4.78, 5) is 17.1. The molecule has 1 amide bonds. The van der Waals surface area contributed by atoms with Crippen molar-refractivity contribution in [2.24, 2.45) is 11.8 Å². The van der Waals surface area contributed by atoms with E-state index in [1.54, 1.807) is 14.2 Å². The van der Waals surface area contributed by atoms with Crippen molar-refractivity contribution in [3.63, 3.8) is 0 Å². The number of benzene rings is 2. The molecule has 0 bridgehead atoms. The molecular weight excluding hydrogens is 368 g/mol. The normalized spacial score (nSPS) is 23.7. The van der Waals surface area contributed by atoms with Gasteiger partial charge in [-0.05, 0) is 42.8 Å². The monoisotopic (exact) mass is 396 g/mol. The first-order chi connectivity index (χ1) is 14.1. The lowest BCUT2D eigenvalue weighted by atomic mass is 9.89. The second-order valence-electron chi connectivity index (χ2n) is 7.82. The van der Waals surface area contributed by atoms with Crippen molar-refractivity contribution in [3.8, 4) is 17.2 Å². The molecule has 154 valence electrons. The maximum Gasteiger partial charge on any atom is 0.260 e. The van der Waals surface area contributed by atoms with Crippen LogP contribution in [0.4, 0.5) is 0 Å². The quantitative estimate of drug-likeness (QED) is 0.752. The molecule has 2 aliphatic heterocycles. The van der Waals surface area contributed by atoms with Crippen LogP contribution in [0.25, 0.3) is 0 Å². The van der Waals surface area contributed by atoms with Crippen LogP contribution >= 0.6 is 0 Å². The van der Waals surface area contributed by atoms with Crippen LogP contribution in [-0.4, -0.2) is 63.2 Å². The Kier molecular flexibility index (Phi) is 5.62. The summed E-state index contributed by atoms with van der Waals surface area (Å²) in [7, 11) is 5.45. The number of para-hydroxylation sites is 2. The van der Waals surface area contributed by atoms with Gasteiger partial charge in [0.25, 0.3) is 5.91 Å². The molecule has 0 aromatic heterocycles. The Bertz CT molecular complexity index is 854. The molecule has 3 atom stereocenters. The van der Waals surface area contributed by atoms with Gasteiger partial charge in [-0.1, -0.05) is 24.3 Å². The molecule has 0 radical (unpaired) electrons. The first-order valence-corrected chi connectivity index (χ1v) is 9.98. The minimum Gasteiger partial charge on any atom is -0.497 e. The van der Waals surface area contributed by atoms with Crippen LogP contribution in [0.15, 0.2) is 48.5 Å². The molecule has 2 heterocycles. The molecule has 0 saturated carbocycles. The zero-order valence-electron chi connectivity index (χ0n) is 17.2. The van der Waals surface area contributed by atoms with E-state index in [2.05, 4.69) is 24.1 Å². The number of hydrogen-bond acceptors (Lipinski definition) is 5. The number of likely N-dealkylation sites (tertiary alicyclic amines) is 2. The first kappa shape index (κ1) is 19.6. The van der Waals surface area contributed by atoms with Gasteiger partial charge in [-0.3, -0.25) is 9.69 Å². The molecule has 0 aliphatic carbocycles. The average molecular weight is 396 g/mol. The lowest BCUT2D eigenvalue weighted by molar-refractivity contribution is -0.132. The van der Waals surface area contributed by atoms with Crippen molar-refractivity contribution in [1.29, 1.82) is 0 Å². The van der Waals surface area contributed by atoms with Crippen molar-refractivity contribution >= 4 is 5.91 Å². The predicted octanol–water partition coefficient (Wildman–Crippen LogP) is 2.84. The van der Waals surface area contributed by atoms with Crippen LogP contribution in [0.3, 0.4) is 0 Å². The number of ether oxygens (including phenoxy) is 3. The highest BCUT2D eigenvalue weighted by Gasteiger charge is 2.47. The van der Waals surface area contributed by atoms with Gasteiger partial charge in [0.2, 0.25) is 0 Å². The number of rotatable bonds is 6. The summed E-state index contributed by atoms with van der Waals surface area (Å²) in [6, 6.07) is 16.0. The fourth-order valence-electron chi connectivity index (χ4n) is 4.73. The summed E-state index contributed by atoms with van der Waals surface area (Å²) < 4.78 is 16.3. The standard InChI is InChI=1S/C23H28N2O4/c1-24-12-17-13-25(22(26)15-29-21-7-5-4-6-20(21)28-3)14-19(17)23(24)16-8-10-18(27-2)11-9-16/h4-11,17,19,23H,12-15H2,1-3H3/t17-,19+,23+/m0/s1. The molecule has 6 heteroatoms. The summed E-state index contributed by atoms with van der Waals surface area (Å²) in [6.45, 7) is 2.58. The summed E-state index contributed by atoms with van der Waals surface area (Å²) in [6.07, 6.45) is 0. The minimum absolute atomic E-state index is 0.0291. The summed E-state index contributed by atoms with van der Waals surface area (Å²) in [5.41, 5.74) is 1.28. The molecule has 0 N–H and O–H groups in total. The van der Waals surface area contributed by atoms with Crippen LogP contribution in [0.1, 0.15) is 11.6 Å². The largest absolute Gasteiger partial charge is 0.497 e. The van der Waals surface area contributed by atoms with Crippen LogP contribution in [0.5, 0.6) is 17.2 Å². The Morgan fingerprint density at radius 2 is 1.69 bits per heavy atom.